The molecule has 4 nitrogen and oxygen atoms in total. The molecule has 2 aromatic rings. The van der Waals surface area contributed by atoms with E-state index < -0.39 is 0 Å². The molecule has 100 valence electrons. The number of hydrogen-bond donors (Lipinski definition) is 1. The second kappa shape index (κ2) is 5.45. The molecule has 19 heavy (non-hydrogen) atoms. The van der Waals surface area contributed by atoms with Crippen LogP contribution in [0.4, 0.5) is 5.82 Å². The maximum atomic E-state index is 5.64. The van der Waals surface area contributed by atoms with Crippen molar-refractivity contribution in [3.63, 3.8) is 0 Å². The number of nitrogens with two attached hydrogens (primary N) is 1. The lowest BCUT2D eigenvalue weighted by Crippen LogP contribution is -2.29. The Kier molecular flexibility index (Phi) is 3.51. The van der Waals surface area contributed by atoms with Crippen LogP contribution in [0.25, 0.3) is 0 Å². The van der Waals surface area contributed by atoms with Gasteiger partial charge >= 0.3 is 0 Å². The number of anilines is 1. The normalized spacial score (nSPS) is 15.0. The van der Waals surface area contributed by atoms with E-state index in [-0.39, 0.29) is 0 Å². The van der Waals surface area contributed by atoms with Crippen molar-refractivity contribution in [3.8, 4) is 0 Å². The van der Waals surface area contributed by atoms with Crippen LogP contribution in [0.15, 0.2) is 42.6 Å². The summed E-state index contributed by atoms with van der Waals surface area (Å²) in [6.45, 7) is 2.96. The zero-order valence-electron chi connectivity index (χ0n) is 11.1. The molecule has 0 radical (unpaired) electrons. The minimum absolute atomic E-state index is 0.598. The molecule has 0 aliphatic heterocycles. The van der Waals surface area contributed by atoms with E-state index in [1.807, 2.05) is 16.9 Å². The molecule has 4 heteroatoms. The second-order valence-corrected chi connectivity index (χ2v) is 5.19. The minimum atomic E-state index is 0.598. The van der Waals surface area contributed by atoms with Gasteiger partial charge in [0.05, 0.1) is 6.54 Å². The average Bonchev–Trinajstić information content (AvgIpc) is 3.19. The topological polar surface area (TPSA) is 47.1 Å². The van der Waals surface area contributed by atoms with Gasteiger partial charge in [0.15, 0.2) is 0 Å². The van der Waals surface area contributed by atoms with Crippen molar-refractivity contribution in [2.75, 3.05) is 12.3 Å². The highest BCUT2D eigenvalue weighted by Gasteiger charge is 2.28. The van der Waals surface area contributed by atoms with Gasteiger partial charge in [-0.25, -0.2) is 0 Å². The van der Waals surface area contributed by atoms with Crippen LogP contribution in [0, 0.1) is 0 Å². The van der Waals surface area contributed by atoms with Crippen molar-refractivity contribution >= 4 is 5.82 Å². The third-order valence-corrected chi connectivity index (χ3v) is 3.57. The fourth-order valence-electron chi connectivity index (χ4n) is 2.38. The van der Waals surface area contributed by atoms with E-state index in [4.69, 9.17) is 5.73 Å². The largest absolute Gasteiger partial charge is 0.382 e. The third kappa shape index (κ3) is 3.35. The quantitative estimate of drug-likeness (QED) is 0.861. The van der Waals surface area contributed by atoms with Gasteiger partial charge in [0.25, 0.3) is 0 Å². The monoisotopic (exact) mass is 256 g/mol. The van der Waals surface area contributed by atoms with Gasteiger partial charge in [-0.05, 0) is 24.5 Å². The fourth-order valence-corrected chi connectivity index (χ4v) is 2.38. The molecule has 1 heterocycles. The Morgan fingerprint density at radius 1 is 1.21 bits per heavy atom. The van der Waals surface area contributed by atoms with Crippen molar-refractivity contribution in [2.45, 2.75) is 32.0 Å². The van der Waals surface area contributed by atoms with Crippen molar-refractivity contribution in [3.05, 3.63) is 48.2 Å². The highest BCUT2D eigenvalue weighted by molar-refractivity contribution is 5.23. The molecule has 0 bridgehead atoms. The Morgan fingerprint density at radius 3 is 2.63 bits per heavy atom. The van der Waals surface area contributed by atoms with Crippen LogP contribution >= 0.6 is 0 Å². The van der Waals surface area contributed by atoms with Crippen LogP contribution < -0.4 is 5.73 Å². The lowest BCUT2D eigenvalue weighted by Gasteiger charge is -2.22. The molecule has 1 aliphatic carbocycles. The van der Waals surface area contributed by atoms with Crippen LogP contribution in [0.5, 0.6) is 0 Å². The number of hydrogen-bond acceptors (Lipinski definition) is 3. The van der Waals surface area contributed by atoms with Crippen LogP contribution in [-0.4, -0.2) is 27.3 Å². The molecule has 1 aromatic heterocycles. The molecule has 0 atom stereocenters. The molecule has 2 N–H and O–H groups in total. The van der Waals surface area contributed by atoms with E-state index in [2.05, 4.69) is 40.3 Å². The smallest absolute Gasteiger partial charge is 0.145 e. The zero-order valence-corrected chi connectivity index (χ0v) is 11.1. The number of rotatable bonds is 6. The summed E-state index contributed by atoms with van der Waals surface area (Å²) in [4.78, 5) is 2.55. The molecule has 1 fully saturated rings. The highest BCUT2D eigenvalue weighted by atomic mass is 15.3. The molecule has 0 saturated heterocycles. The van der Waals surface area contributed by atoms with E-state index in [9.17, 15) is 0 Å². The summed E-state index contributed by atoms with van der Waals surface area (Å²) < 4.78 is 1.93. The summed E-state index contributed by atoms with van der Waals surface area (Å²) in [7, 11) is 0. The van der Waals surface area contributed by atoms with Gasteiger partial charge in [-0.3, -0.25) is 9.58 Å². The Balaban J connectivity index is 1.59. The first kappa shape index (κ1) is 12.2. The molecule has 0 spiro atoms. The Labute approximate surface area is 113 Å². The second-order valence-electron chi connectivity index (χ2n) is 5.19. The first-order valence-corrected chi connectivity index (χ1v) is 6.88. The molecule has 1 saturated carbocycles. The summed E-state index contributed by atoms with van der Waals surface area (Å²) in [5.74, 6) is 0.598. The van der Waals surface area contributed by atoms with Crippen molar-refractivity contribution in [1.29, 1.82) is 0 Å². The Morgan fingerprint density at radius 2 is 2.00 bits per heavy atom. The summed E-state index contributed by atoms with van der Waals surface area (Å²) in [6, 6.07) is 13.3. The predicted molar refractivity (Wildman–Crippen MR) is 76.5 cm³/mol. The number of nitrogen functional groups attached to an aromatic ring is 1. The van der Waals surface area contributed by atoms with Crippen molar-refractivity contribution < 1.29 is 0 Å². The molecule has 1 aromatic carbocycles. The molecule has 1 aliphatic rings. The van der Waals surface area contributed by atoms with Crippen molar-refractivity contribution in [2.24, 2.45) is 0 Å². The van der Waals surface area contributed by atoms with Gasteiger partial charge in [0.1, 0.15) is 5.82 Å². The molecule has 0 unspecified atom stereocenters. The number of nitrogens with zero attached hydrogens (tertiary/aromatic N) is 3. The first-order chi connectivity index (χ1) is 9.31. The fraction of sp³-hybridized carbons (Fsp3) is 0.400. The van der Waals surface area contributed by atoms with Crippen LogP contribution in [-0.2, 0) is 13.1 Å². The predicted octanol–water partition coefficient (Wildman–Crippen LogP) is 2.13. The van der Waals surface area contributed by atoms with E-state index >= 15 is 0 Å². The van der Waals surface area contributed by atoms with E-state index in [0.29, 0.717) is 5.82 Å². The van der Waals surface area contributed by atoms with Gasteiger partial charge in [0.2, 0.25) is 0 Å². The third-order valence-electron chi connectivity index (χ3n) is 3.57. The van der Waals surface area contributed by atoms with Gasteiger partial charge in [-0.2, -0.15) is 5.10 Å². The highest BCUT2D eigenvalue weighted by Crippen LogP contribution is 2.28. The zero-order chi connectivity index (χ0) is 13.1. The standard InChI is InChI=1S/C15H20N4/c16-15-8-9-19(17-15)11-10-18(14-6-7-14)12-13-4-2-1-3-5-13/h1-5,8-9,14H,6-7,10-12H2,(H2,16,17). The summed E-state index contributed by atoms with van der Waals surface area (Å²) >= 11 is 0. The lowest BCUT2D eigenvalue weighted by molar-refractivity contribution is 0.240. The number of aromatic nitrogens is 2. The van der Waals surface area contributed by atoms with E-state index in [0.717, 1.165) is 25.7 Å². The first-order valence-electron chi connectivity index (χ1n) is 6.88. The van der Waals surface area contributed by atoms with Gasteiger partial charge < -0.3 is 5.73 Å². The van der Waals surface area contributed by atoms with E-state index in [1.54, 1.807) is 0 Å². The molecular formula is C15H20N4. The van der Waals surface area contributed by atoms with Crippen molar-refractivity contribution in [1.82, 2.24) is 14.7 Å². The Hall–Kier alpha value is -1.81. The molecule has 3 rings (SSSR count). The van der Waals surface area contributed by atoms with Crippen LogP contribution in [0.3, 0.4) is 0 Å². The summed E-state index contributed by atoms with van der Waals surface area (Å²) in [6.07, 6.45) is 4.60. The lowest BCUT2D eigenvalue weighted by atomic mass is 10.2. The maximum absolute atomic E-state index is 5.64. The number of benzene rings is 1. The van der Waals surface area contributed by atoms with Gasteiger partial charge in [-0.15, -0.1) is 0 Å². The minimum Gasteiger partial charge on any atom is -0.382 e. The van der Waals surface area contributed by atoms with E-state index in [1.165, 1.54) is 18.4 Å². The van der Waals surface area contributed by atoms with Crippen LogP contribution in [0.2, 0.25) is 0 Å². The van der Waals surface area contributed by atoms with Gasteiger partial charge in [0, 0.05) is 25.3 Å². The SMILES string of the molecule is Nc1ccn(CCN(Cc2ccccc2)C2CC2)n1. The summed E-state index contributed by atoms with van der Waals surface area (Å²) in [5, 5.41) is 4.24. The van der Waals surface area contributed by atoms with Gasteiger partial charge in [-0.1, -0.05) is 30.3 Å². The average molecular weight is 256 g/mol. The van der Waals surface area contributed by atoms with Crippen LogP contribution in [0.1, 0.15) is 18.4 Å². The molecular weight excluding hydrogens is 236 g/mol. The maximum Gasteiger partial charge on any atom is 0.145 e. The molecule has 0 amide bonds. The Bertz CT molecular complexity index is 516. The summed E-state index contributed by atoms with van der Waals surface area (Å²) in [5.41, 5.74) is 7.02.